The fourth-order valence-corrected chi connectivity index (χ4v) is 2.99. The molecule has 1 fully saturated rings. The lowest BCUT2D eigenvalue weighted by atomic mass is 10.1. The molecule has 2 atom stereocenters. The Morgan fingerprint density at radius 2 is 2.04 bits per heavy atom. The van der Waals surface area contributed by atoms with Crippen molar-refractivity contribution in [3.63, 3.8) is 0 Å². The molecular weight excluding hydrogens is 304 g/mol. The Bertz CT molecular complexity index is 642. The molecule has 3 rings (SSSR count). The van der Waals surface area contributed by atoms with Gasteiger partial charge in [-0.15, -0.1) is 0 Å². The van der Waals surface area contributed by atoms with Crippen LogP contribution in [0.2, 0.25) is 0 Å². The predicted molar refractivity (Wildman–Crippen MR) is 91.8 cm³/mol. The molecule has 1 aliphatic rings. The number of amides is 1. The summed E-state index contributed by atoms with van der Waals surface area (Å²) in [5.41, 5.74) is 1.65. The Morgan fingerprint density at radius 1 is 1.29 bits per heavy atom. The van der Waals surface area contributed by atoms with Crippen molar-refractivity contribution in [3.05, 3.63) is 60.4 Å². The molecule has 0 N–H and O–H groups in total. The molecule has 1 aliphatic heterocycles. The van der Waals surface area contributed by atoms with Crippen LogP contribution in [0.5, 0.6) is 0 Å². The molecule has 5 nitrogen and oxygen atoms in total. The van der Waals surface area contributed by atoms with E-state index in [1.165, 1.54) is 0 Å². The van der Waals surface area contributed by atoms with Crippen molar-refractivity contribution in [2.75, 3.05) is 25.2 Å². The first-order valence-electron chi connectivity index (χ1n) is 8.20. The van der Waals surface area contributed by atoms with Crippen molar-refractivity contribution in [2.24, 2.45) is 0 Å². The maximum Gasteiger partial charge on any atom is 0.260 e. The van der Waals surface area contributed by atoms with Gasteiger partial charge in [0.25, 0.3) is 5.91 Å². The molecule has 0 bridgehead atoms. The molecule has 126 valence electrons. The molecule has 0 unspecified atom stereocenters. The monoisotopic (exact) mass is 326 g/mol. The summed E-state index contributed by atoms with van der Waals surface area (Å²) < 4.78 is 11.2. The van der Waals surface area contributed by atoms with Crippen molar-refractivity contribution in [1.29, 1.82) is 0 Å². The topological polar surface area (TPSA) is 51.7 Å². The number of rotatable bonds is 6. The smallest absolute Gasteiger partial charge is 0.260 e. The number of anilines is 1. The normalized spacial score (nSPS) is 18.3. The Morgan fingerprint density at radius 3 is 2.67 bits per heavy atom. The lowest BCUT2D eigenvalue weighted by molar-refractivity contribution is -0.129. The van der Waals surface area contributed by atoms with Gasteiger partial charge in [0, 0.05) is 31.8 Å². The van der Waals surface area contributed by atoms with Crippen LogP contribution in [0.4, 0.5) is 5.69 Å². The molecular formula is C19H22N2O3. The number of carbonyl (C=O) groups is 1. The second-order valence-electron chi connectivity index (χ2n) is 5.82. The van der Waals surface area contributed by atoms with Crippen molar-refractivity contribution in [2.45, 2.75) is 25.0 Å². The van der Waals surface area contributed by atoms with E-state index < -0.39 is 6.10 Å². The highest BCUT2D eigenvalue weighted by atomic mass is 16.5. The first-order valence-corrected chi connectivity index (χ1v) is 8.20. The number of ether oxygens (including phenoxy) is 2. The van der Waals surface area contributed by atoms with Gasteiger partial charge in [-0.05, 0) is 30.5 Å². The molecule has 1 aromatic heterocycles. The largest absolute Gasteiger partial charge is 0.376 e. The van der Waals surface area contributed by atoms with Crippen LogP contribution in [0.3, 0.4) is 0 Å². The van der Waals surface area contributed by atoms with Gasteiger partial charge in [0.2, 0.25) is 0 Å². The van der Waals surface area contributed by atoms with Crippen LogP contribution in [0, 0.1) is 0 Å². The van der Waals surface area contributed by atoms with E-state index in [9.17, 15) is 4.79 Å². The van der Waals surface area contributed by atoms with Gasteiger partial charge in [0.1, 0.15) is 0 Å². The van der Waals surface area contributed by atoms with Crippen LogP contribution < -0.4 is 4.90 Å². The first-order chi connectivity index (χ1) is 11.8. The predicted octanol–water partition coefficient (Wildman–Crippen LogP) is 2.98. The summed E-state index contributed by atoms with van der Waals surface area (Å²) in [6, 6.07) is 13.2. The van der Waals surface area contributed by atoms with E-state index in [0.29, 0.717) is 6.54 Å². The number of aromatic nitrogens is 1. The molecule has 0 spiro atoms. The zero-order chi connectivity index (χ0) is 16.8. The minimum absolute atomic E-state index is 0.0652. The Balaban J connectivity index is 1.87. The summed E-state index contributed by atoms with van der Waals surface area (Å²) in [6.07, 6.45) is 4.81. The molecule has 2 heterocycles. The summed E-state index contributed by atoms with van der Waals surface area (Å²) in [7, 11) is 1.56. The van der Waals surface area contributed by atoms with E-state index in [1.54, 1.807) is 24.4 Å². The third-order valence-corrected chi connectivity index (χ3v) is 4.21. The molecule has 5 heteroatoms. The highest BCUT2D eigenvalue weighted by Gasteiger charge is 2.30. The van der Waals surface area contributed by atoms with Crippen LogP contribution in [-0.2, 0) is 14.3 Å². The highest BCUT2D eigenvalue weighted by molar-refractivity contribution is 5.97. The second kappa shape index (κ2) is 8.04. The van der Waals surface area contributed by atoms with Crippen LogP contribution in [0.25, 0.3) is 0 Å². The fourth-order valence-electron chi connectivity index (χ4n) is 2.99. The van der Waals surface area contributed by atoms with Gasteiger partial charge in [-0.25, -0.2) is 0 Å². The summed E-state index contributed by atoms with van der Waals surface area (Å²) in [5, 5.41) is 0. The summed E-state index contributed by atoms with van der Waals surface area (Å²) in [6.45, 7) is 1.28. The molecule has 1 saturated heterocycles. The number of nitrogens with zero attached hydrogens (tertiary/aromatic N) is 2. The molecule has 0 aliphatic carbocycles. The van der Waals surface area contributed by atoms with E-state index in [0.717, 1.165) is 30.7 Å². The summed E-state index contributed by atoms with van der Waals surface area (Å²) >= 11 is 0. The minimum Gasteiger partial charge on any atom is -0.376 e. The molecule has 1 amide bonds. The summed E-state index contributed by atoms with van der Waals surface area (Å²) in [4.78, 5) is 19.0. The van der Waals surface area contributed by atoms with Gasteiger partial charge in [-0.2, -0.15) is 0 Å². The van der Waals surface area contributed by atoms with Crippen molar-refractivity contribution in [1.82, 2.24) is 4.98 Å². The number of benzene rings is 1. The number of hydrogen-bond acceptors (Lipinski definition) is 4. The number of methoxy groups -OCH3 is 1. The van der Waals surface area contributed by atoms with Crippen molar-refractivity contribution >= 4 is 11.6 Å². The van der Waals surface area contributed by atoms with Crippen molar-refractivity contribution in [3.8, 4) is 0 Å². The Kier molecular flexibility index (Phi) is 5.56. The third-order valence-electron chi connectivity index (χ3n) is 4.21. The second-order valence-corrected chi connectivity index (χ2v) is 5.82. The number of hydrogen-bond donors (Lipinski definition) is 0. The first kappa shape index (κ1) is 16.6. The van der Waals surface area contributed by atoms with E-state index in [2.05, 4.69) is 4.98 Å². The number of carbonyl (C=O) groups excluding carboxylic acids is 1. The van der Waals surface area contributed by atoms with Crippen LogP contribution in [-0.4, -0.2) is 37.3 Å². The summed E-state index contributed by atoms with van der Waals surface area (Å²) in [5.74, 6) is -0.0922. The average molecular weight is 326 g/mol. The van der Waals surface area contributed by atoms with Gasteiger partial charge >= 0.3 is 0 Å². The van der Waals surface area contributed by atoms with E-state index in [1.807, 2.05) is 42.5 Å². The molecule has 0 radical (unpaired) electrons. The van der Waals surface area contributed by atoms with E-state index in [-0.39, 0.29) is 12.0 Å². The van der Waals surface area contributed by atoms with Gasteiger partial charge in [-0.1, -0.05) is 30.3 Å². The maximum atomic E-state index is 13.2. The van der Waals surface area contributed by atoms with Gasteiger partial charge in [-0.3, -0.25) is 9.78 Å². The molecule has 24 heavy (non-hydrogen) atoms. The van der Waals surface area contributed by atoms with E-state index >= 15 is 0 Å². The third kappa shape index (κ3) is 3.80. The molecule has 2 aromatic rings. The minimum atomic E-state index is -0.638. The van der Waals surface area contributed by atoms with Gasteiger partial charge in [0.05, 0.1) is 12.6 Å². The molecule has 0 saturated carbocycles. The fraction of sp³-hybridized carbons (Fsp3) is 0.368. The zero-order valence-electron chi connectivity index (χ0n) is 13.8. The number of pyridine rings is 1. The van der Waals surface area contributed by atoms with Gasteiger partial charge in [0.15, 0.2) is 6.10 Å². The lowest BCUT2D eigenvalue weighted by Gasteiger charge is -2.29. The lowest BCUT2D eigenvalue weighted by Crippen LogP contribution is -2.41. The maximum absolute atomic E-state index is 13.2. The van der Waals surface area contributed by atoms with Crippen molar-refractivity contribution < 1.29 is 14.3 Å². The Labute approximate surface area is 142 Å². The highest BCUT2D eigenvalue weighted by Crippen LogP contribution is 2.25. The van der Waals surface area contributed by atoms with Crippen LogP contribution in [0.1, 0.15) is 24.5 Å². The molecule has 1 aromatic carbocycles. The van der Waals surface area contributed by atoms with Crippen LogP contribution in [0.15, 0.2) is 54.9 Å². The Hall–Kier alpha value is -2.24. The van der Waals surface area contributed by atoms with Crippen LogP contribution >= 0.6 is 0 Å². The standard InChI is InChI=1S/C19H22N2O3/c1-23-18(15-6-3-2-4-7-15)19(22)21(14-17-8-5-13-24-17)16-9-11-20-12-10-16/h2-4,6-7,9-12,17-18H,5,8,13-14H2,1H3/t17-,18-/m1/s1. The SMILES string of the molecule is CO[C@@H](C(=O)N(C[C@H]1CCCO1)c1ccncc1)c1ccccc1. The quantitative estimate of drug-likeness (QED) is 0.819. The zero-order valence-corrected chi connectivity index (χ0v) is 13.8. The van der Waals surface area contributed by atoms with Gasteiger partial charge < -0.3 is 14.4 Å². The van der Waals surface area contributed by atoms with E-state index in [4.69, 9.17) is 9.47 Å². The average Bonchev–Trinajstić information content (AvgIpc) is 3.15.